The van der Waals surface area contributed by atoms with Crippen LogP contribution in [0.3, 0.4) is 0 Å². The van der Waals surface area contributed by atoms with Gasteiger partial charge in [0, 0.05) is 15.7 Å². The maximum atomic E-state index is 5.90. The molecule has 18 heavy (non-hydrogen) atoms. The van der Waals surface area contributed by atoms with Crippen LogP contribution in [0.1, 0.15) is 5.56 Å². The van der Waals surface area contributed by atoms with E-state index in [1.54, 1.807) is 7.11 Å². The molecule has 0 aromatic heterocycles. The van der Waals surface area contributed by atoms with Crippen molar-refractivity contribution in [2.75, 3.05) is 12.8 Å². The molecule has 0 unspecified atom stereocenters. The lowest BCUT2D eigenvalue weighted by atomic mass is 10.2. The molecule has 2 aromatic rings. The van der Waals surface area contributed by atoms with E-state index < -0.39 is 0 Å². The van der Waals surface area contributed by atoms with Crippen molar-refractivity contribution in [2.24, 2.45) is 0 Å². The summed E-state index contributed by atoms with van der Waals surface area (Å²) in [5.74, 6) is 1.60. The molecule has 0 bridgehead atoms. The van der Waals surface area contributed by atoms with Crippen LogP contribution >= 0.6 is 15.9 Å². The fourth-order valence-electron chi connectivity index (χ4n) is 1.53. The molecule has 0 saturated carbocycles. The number of nitrogen functional groups attached to an aromatic ring is 1. The molecule has 0 amide bonds. The predicted octanol–water partition coefficient (Wildman–Crippen LogP) is 3.62. The third-order valence-electron chi connectivity index (χ3n) is 2.56. The number of methoxy groups -OCH3 is 1. The van der Waals surface area contributed by atoms with E-state index in [1.165, 1.54) is 0 Å². The Morgan fingerprint density at radius 3 is 2.33 bits per heavy atom. The number of halogens is 1. The summed E-state index contributed by atoms with van der Waals surface area (Å²) in [7, 11) is 1.64. The van der Waals surface area contributed by atoms with E-state index in [0.717, 1.165) is 27.2 Å². The van der Waals surface area contributed by atoms with Gasteiger partial charge in [-0.25, -0.2) is 0 Å². The first-order chi connectivity index (χ1) is 8.69. The number of nitrogens with two attached hydrogens (primary N) is 1. The molecule has 0 spiro atoms. The number of hydrogen-bond acceptors (Lipinski definition) is 3. The minimum absolute atomic E-state index is 0.450. The Balaban J connectivity index is 2.02. The van der Waals surface area contributed by atoms with Gasteiger partial charge in [-0.1, -0.05) is 22.0 Å². The molecule has 0 heterocycles. The Morgan fingerprint density at radius 2 is 1.72 bits per heavy atom. The van der Waals surface area contributed by atoms with Gasteiger partial charge in [0.15, 0.2) is 0 Å². The van der Waals surface area contributed by atoms with Crippen LogP contribution < -0.4 is 15.2 Å². The van der Waals surface area contributed by atoms with Crippen molar-refractivity contribution in [3.8, 4) is 11.5 Å². The molecule has 0 aliphatic carbocycles. The van der Waals surface area contributed by atoms with Crippen LogP contribution in [0.5, 0.6) is 11.5 Å². The predicted molar refractivity (Wildman–Crippen MR) is 75.9 cm³/mol. The van der Waals surface area contributed by atoms with E-state index in [0.29, 0.717) is 6.61 Å². The molecule has 0 fully saturated rings. The third-order valence-corrected chi connectivity index (χ3v) is 3.05. The van der Waals surface area contributed by atoms with Crippen molar-refractivity contribution < 1.29 is 9.47 Å². The summed E-state index contributed by atoms with van der Waals surface area (Å²) >= 11 is 3.37. The standard InChI is InChI=1S/C14H14BrNO2/c1-17-12-4-6-13(7-5-12)18-9-10-2-3-11(15)8-14(10)16/h2-8H,9,16H2,1H3. The fourth-order valence-corrected chi connectivity index (χ4v) is 1.91. The molecule has 2 rings (SSSR count). The first-order valence-corrected chi connectivity index (χ1v) is 6.29. The monoisotopic (exact) mass is 307 g/mol. The van der Waals surface area contributed by atoms with Gasteiger partial charge in [0.1, 0.15) is 18.1 Å². The van der Waals surface area contributed by atoms with E-state index in [-0.39, 0.29) is 0 Å². The van der Waals surface area contributed by atoms with Gasteiger partial charge in [-0.2, -0.15) is 0 Å². The molecule has 4 heteroatoms. The zero-order valence-electron chi connectivity index (χ0n) is 10.0. The maximum absolute atomic E-state index is 5.90. The topological polar surface area (TPSA) is 44.5 Å². The highest BCUT2D eigenvalue weighted by Crippen LogP contribution is 2.22. The average Bonchev–Trinajstić information content (AvgIpc) is 2.38. The summed E-state index contributed by atoms with van der Waals surface area (Å²) in [5.41, 5.74) is 7.59. The number of benzene rings is 2. The van der Waals surface area contributed by atoms with Gasteiger partial charge < -0.3 is 15.2 Å². The van der Waals surface area contributed by atoms with Crippen LogP contribution in [0.4, 0.5) is 5.69 Å². The van der Waals surface area contributed by atoms with Crippen molar-refractivity contribution in [2.45, 2.75) is 6.61 Å². The molecule has 3 nitrogen and oxygen atoms in total. The molecular weight excluding hydrogens is 294 g/mol. The van der Waals surface area contributed by atoms with E-state index in [4.69, 9.17) is 15.2 Å². The van der Waals surface area contributed by atoms with Crippen LogP contribution in [-0.2, 0) is 6.61 Å². The summed E-state index contributed by atoms with van der Waals surface area (Å²) < 4.78 is 11.7. The number of rotatable bonds is 4. The van der Waals surface area contributed by atoms with Gasteiger partial charge in [-0.3, -0.25) is 0 Å². The molecule has 0 aliphatic rings. The van der Waals surface area contributed by atoms with E-state index >= 15 is 0 Å². The Kier molecular flexibility index (Phi) is 4.10. The fraction of sp³-hybridized carbons (Fsp3) is 0.143. The van der Waals surface area contributed by atoms with Crippen molar-refractivity contribution in [1.29, 1.82) is 0 Å². The molecule has 0 atom stereocenters. The largest absolute Gasteiger partial charge is 0.497 e. The Hall–Kier alpha value is -1.68. The number of ether oxygens (including phenoxy) is 2. The third kappa shape index (κ3) is 3.17. The van der Waals surface area contributed by atoms with Gasteiger partial charge >= 0.3 is 0 Å². The highest BCUT2D eigenvalue weighted by atomic mass is 79.9. The van der Waals surface area contributed by atoms with Gasteiger partial charge in [0.25, 0.3) is 0 Å². The van der Waals surface area contributed by atoms with E-state index in [2.05, 4.69) is 15.9 Å². The van der Waals surface area contributed by atoms with Crippen molar-refractivity contribution in [1.82, 2.24) is 0 Å². The van der Waals surface area contributed by atoms with Gasteiger partial charge in [-0.15, -0.1) is 0 Å². The molecule has 2 N–H and O–H groups in total. The van der Waals surface area contributed by atoms with Crippen LogP contribution in [0.2, 0.25) is 0 Å². The van der Waals surface area contributed by atoms with Crippen molar-refractivity contribution >= 4 is 21.6 Å². The summed E-state index contributed by atoms with van der Waals surface area (Å²) in [6.45, 7) is 0.450. The Morgan fingerprint density at radius 1 is 1.06 bits per heavy atom. The van der Waals surface area contributed by atoms with E-state index in [1.807, 2.05) is 42.5 Å². The molecular formula is C14H14BrNO2. The van der Waals surface area contributed by atoms with Gasteiger partial charge in [-0.05, 0) is 36.4 Å². The van der Waals surface area contributed by atoms with Gasteiger partial charge in [0.2, 0.25) is 0 Å². The quantitative estimate of drug-likeness (QED) is 0.877. The Bertz CT molecular complexity index is 526. The molecule has 94 valence electrons. The van der Waals surface area contributed by atoms with Gasteiger partial charge in [0.05, 0.1) is 7.11 Å². The lowest BCUT2D eigenvalue weighted by Gasteiger charge is -2.09. The maximum Gasteiger partial charge on any atom is 0.120 e. The highest BCUT2D eigenvalue weighted by molar-refractivity contribution is 9.10. The first kappa shape index (κ1) is 12.8. The summed E-state index contributed by atoms with van der Waals surface area (Å²) in [5, 5.41) is 0. The lowest BCUT2D eigenvalue weighted by Crippen LogP contribution is -2.00. The number of hydrogen-bond donors (Lipinski definition) is 1. The van der Waals surface area contributed by atoms with E-state index in [9.17, 15) is 0 Å². The second-order valence-corrected chi connectivity index (χ2v) is 4.72. The summed E-state index contributed by atoms with van der Waals surface area (Å²) in [6.07, 6.45) is 0. The van der Waals surface area contributed by atoms with Crippen LogP contribution in [-0.4, -0.2) is 7.11 Å². The summed E-state index contributed by atoms with van der Waals surface area (Å²) in [6, 6.07) is 13.2. The van der Waals surface area contributed by atoms with Crippen LogP contribution in [0, 0.1) is 0 Å². The first-order valence-electron chi connectivity index (χ1n) is 5.50. The summed E-state index contributed by atoms with van der Waals surface area (Å²) in [4.78, 5) is 0. The zero-order chi connectivity index (χ0) is 13.0. The smallest absolute Gasteiger partial charge is 0.120 e. The second kappa shape index (κ2) is 5.78. The zero-order valence-corrected chi connectivity index (χ0v) is 11.6. The van der Waals surface area contributed by atoms with Crippen LogP contribution in [0.25, 0.3) is 0 Å². The van der Waals surface area contributed by atoms with Crippen molar-refractivity contribution in [3.63, 3.8) is 0 Å². The normalized spacial score (nSPS) is 10.1. The molecule has 0 saturated heterocycles. The Labute approximate surface area is 115 Å². The molecule has 0 aliphatic heterocycles. The highest BCUT2D eigenvalue weighted by Gasteiger charge is 2.01. The molecule has 2 aromatic carbocycles. The average molecular weight is 308 g/mol. The van der Waals surface area contributed by atoms with Crippen LogP contribution in [0.15, 0.2) is 46.9 Å². The lowest BCUT2D eigenvalue weighted by molar-refractivity contribution is 0.306. The second-order valence-electron chi connectivity index (χ2n) is 3.81. The SMILES string of the molecule is COc1ccc(OCc2ccc(Br)cc2N)cc1. The van der Waals surface area contributed by atoms with Crippen molar-refractivity contribution in [3.05, 3.63) is 52.5 Å². The molecule has 0 radical (unpaired) electrons. The number of anilines is 1. The minimum Gasteiger partial charge on any atom is -0.497 e. The minimum atomic E-state index is 0.450.